The Kier molecular flexibility index (Phi) is 5.40. The minimum absolute atomic E-state index is 0.146. The predicted molar refractivity (Wildman–Crippen MR) is 87.7 cm³/mol. The molecule has 2 aromatic carbocycles. The highest BCUT2D eigenvalue weighted by Gasteiger charge is 2.16. The fourth-order valence-electron chi connectivity index (χ4n) is 2.31. The summed E-state index contributed by atoms with van der Waals surface area (Å²) in [6.07, 6.45) is 0.816. The third-order valence-electron chi connectivity index (χ3n) is 3.51. The Morgan fingerprint density at radius 3 is 2.52 bits per heavy atom. The molecule has 110 valence electrons. The van der Waals surface area contributed by atoms with Gasteiger partial charge in [0.1, 0.15) is 5.38 Å². The van der Waals surface area contributed by atoms with Crippen molar-refractivity contribution in [1.29, 1.82) is 0 Å². The molecule has 0 bridgehead atoms. The average molecular weight is 302 g/mol. The maximum atomic E-state index is 12.0. The first-order valence-corrected chi connectivity index (χ1v) is 7.54. The van der Waals surface area contributed by atoms with E-state index in [1.165, 1.54) is 16.7 Å². The molecule has 0 aromatic heterocycles. The van der Waals surface area contributed by atoms with Crippen LogP contribution in [0.4, 0.5) is 0 Å². The second kappa shape index (κ2) is 7.28. The molecule has 3 heteroatoms. The van der Waals surface area contributed by atoms with Crippen LogP contribution >= 0.6 is 11.6 Å². The highest BCUT2D eigenvalue weighted by molar-refractivity contribution is 6.30. The van der Waals surface area contributed by atoms with Crippen LogP contribution < -0.4 is 5.32 Å². The Balaban J connectivity index is 1.87. The second-order valence-corrected chi connectivity index (χ2v) is 5.68. The molecule has 0 saturated carbocycles. The Morgan fingerprint density at radius 1 is 1.14 bits per heavy atom. The van der Waals surface area contributed by atoms with Gasteiger partial charge >= 0.3 is 0 Å². The maximum Gasteiger partial charge on any atom is 0.242 e. The van der Waals surface area contributed by atoms with E-state index in [4.69, 9.17) is 11.6 Å². The normalized spacial score (nSPS) is 12.0. The smallest absolute Gasteiger partial charge is 0.242 e. The molecule has 0 aliphatic rings. The molecule has 0 spiro atoms. The van der Waals surface area contributed by atoms with Crippen LogP contribution in [0.1, 0.15) is 27.6 Å². The van der Waals surface area contributed by atoms with Crippen LogP contribution in [-0.4, -0.2) is 12.5 Å². The average Bonchev–Trinajstić information content (AvgIpc) is 2.49. The van der Waals surface area contributed by atoms with E-state index in [0.29, 0.717) is 6.54 Å². The quantitative estimate of drug-likeness (QED) is 0.833. The summed E-state index contributed by atoms with van der Waals surface area (Å²) in [5, 5.41) is 2.27. The van der Waals surface area contributed by atoms with E-state index < -0.39 is 5.38 Å². The van der Waals surface area contributed by atoms with Crippen molar-refractivity contribution in [3.8, 4) is 0 Å². The van der Waals surface area contributed by atoms with Crippen molar-refractivity contribution in [3.05, 3.63) is 70.8 Å². The summed E-state index contributed by atoms with van der Waals surface area (Å²) >= 11 is 6.18. The van der Waals surface area contributed by atoms with E-state index in [0.717, 1.165) is 12.0 Å². The topological polar surface area (TPSA) is 29.1 Å². The molecular weight excluding hydrogens is 282 g/mol. The van der Waals surface area contributed by atoms with Crippen molar-refractivity contribution in [2.45, 2.75) is 25.6 Å². The number of benzene rings is 2. The lowest BCUT2D eigenvalue weighted by Gasteiger charge is -2.12. The molecule has 1 unspecified atom stereocenters. The number of amides is 1. The number of carbonyl (C=O) groups is 1. The number of hydrogen-bond donors (Lipinski definition) is 1. The molecule has 0 fully saturated rings. The largest absolute Gasteiger partial charge is 0.354 e. The zero-order chi connectivity index (χ0) is 15.2. The van der Waals surface area contributed by atoms with Crippen molar-refractivity contribution in [3.63, 3.8) is 0 Å². The lowest BCUT2D eigenvalue weighted by atomic mass is 10.0. The molecule has 0 heterocycles. The highest BCUT2D eigenvalue weighted by Crippen LogP contribution is 2.19. The molecule has 2 aromatic rings. The van der Waals surface area contributed by atoms with Crippen LogP contribution in [0.2, 0.25) is 0 Å². The van der Waals surface area contributed by atoms with Crippen LogP contribution in [0.15, 0.2) is 48.5 Å². The SMILES string of the molecule is Cc1ccc(CCNC(=O)C(Cl)c2ccccc2)c(C)c1. The molecule has 2 nitrogen and oxygen atoms in total. The first kappa shape index (κ1) is 15.6. The molecule has 0 aliphatic heterocycles. The van der Waals surface area contributed by atoms with E-state index in [9.17, 15) is 4.79 Å². The van der Waals surface area contributed by atoms with Gasteiger partial charge < -0.3 is 5.32 Å². The summed E-state index contributed by atoms with van der Waals surface area (Å²) in [6.45, 7) is 4.77. The molecule has 1 N–H and O–H groups in total. The molecule has 2 rings (SSSR count). The molecule has 1 atom stereocenters. The predicted octanol–water partition coefficient (Wildman–Crippen LogP) is 3.94. The van der Waals surface area contributed by atoms with Crippen LogP contribution in [0.5, 0.6) is 0 Å². The zero-order valence-electron chi connectivity index (χ0n) is 12.4. The number of carbonyl (C=O) groups excluding carboxylic acids is 1. The van der Waals surface area contributed by atoms with Gasteiger partial charge in [0.15, 0.2) is 0 Å². The van der Waals surface area contributed by atoms with Gasteiger partial charge in [-0.25, -0.2) is 0 Å². The van der Waals surface area contributed by atoms with E-state index >= 15 is 0 Å². The monoisotopic (exact) mass is 301 g/mol. The summed E-state index contributed by atoms with van der Waals surface area (Å²) < 4.78 is 0. The minimum atomic E-state index is -0.634. The van der Waals surface area contributed by atoms with Crippen molar-refractivity contribution < 1.29 is 4.79 Å². The van der Waals surface area contributed by atoms with Gasteiger partial charge in [0.25, 0.3) is 0 Å². The minimum Gasteiger partial charge on any atom is -0.354 e. The van der Waals surface area contributed by atoms with E-state index in [1.54, 1.807) is 0 Å². The Bertz CT molecular complexity index is 610. The molecular formula is C18H20ClNO. The lowest BCUT2D eigenvalue weighted by molar-refractivity contribution is -0.120. The molecule has 0 radical (unpaired) electrons. The van der Waals surface area contributed by atoms with Gasteiger partial charge in [-0.1, -0.05) is 54.1 Å². The molecule has 0 aliphatic carbocycles. The van der Waals surface area contributed by atoms with E-state index in [2.05, 4.69) is 37.4 Å². The Labute approximate surface area is 131 Å². The fourth-order valence-corrected chi connectivity index (χ4v) is 2.53. The number of aryl methyl sites for hydroxylation is 2. The summed E-state index contributed by atoms with van der Waals surface area (Å²) in [5.41, 5.74) is 4.59. The van der Waals surface area contributed by atoms with Crippen LogP contribution in [-0.2, 0) is 11.2 Å². The van der Waals surface area contributed by atoms with Gasteiger partial charge in [0.2, 0.25) is 5.91 Å². The summed E-state index contributed by atoms with van der Waals surface area (Å²) in [4.78, 5) is 12.0. The van der Waals surface area contributed by atoms with Crippen molar-refractivity contribution in [1.82, 2.24) is 5.32 Å². The standard InChI is InChI=1S/C18H20ClNO/c1-13-8-9-15(14(2)12-13)10-11-20-18(21)17(19)16-6-4-3-5-7-16/h3-9,12,17H,10-11H2,1-2H3,(H,20,21). The van der Waals surface area contributed by atoms with Gasteiger partial charge in [-0.2, -0.15) is 0 Å². The van der Waals surface area contributed by atoms with Crippen molar-refractivity contribution >= 4 is 17.5 Å². The van der Waals surface area contributed by atoms with Crippen molar-refractivity contribution in [2.75, 3.05) is 6.54 Å². The number of nitrogens with one attached hydrogen (secondary N) is 1. The third-order valence-corrected chi connectivity index (χ3v) is 3.96. The van der Waals surface area contributed by atoms with Gasteiger partial charge in [-0.3, -0.25) is 4.79 Å². The van der Waals surface area contributed by atoms with Gasteiger partial charge in [0, 0.05) is 6.54 Å². The van der Waals surface area contributed by atoms with Crippen LogP contribution in [0.25, 0.3) is 0 Å². The second-order valence-electron chi connectivity index (χ2n) is 5.24. The third kappa shape index (κ3) is 4.33. The Hall–Kier alpha value is -1.80. The number of hydrogen-bond acceptors (Lipinski definition) is 1. The number of rotatable bonds is 5. The molecule has 1 amide bonds. The number of alkyl halides is 1. The van der Waals surface area contributed by atoms with Gasteiger partial charge in [-0.05, 0) is 37.0 Å². The first-order chi connectivity index (χ1) is 10.1. The summed E-state index contributed by atoms with van der Waals surface area (Å²) in [6, 6.07) is 15.8. The van der Waals surface area contributed by atoms with Crippen LogP contribution in [0, 0.1) is 13.8 Å². The van der Waals surface area contributed by atoms with E-state index in [-0.39, 0.29) is 5.91 Å². The summed E-state index contributed by atoms with van der Waals surface area (Å²) in [5.74, 6) is -0.146. The maximum absolute atomic E-state index is 12.0. The highest BCUT2D eigenvalue weighted by atomic mass is 35.5. The number of halogens is 1. The lowest BCUT2D eigenvalue weighted by Crippen LogP contribution is -2.29. The molecule has 21 heavy (non-hydrogen) atoms. The van der Waals surface area contributed by atoms with Crippen molar-refractivity contribution in [2.24, 2.45) is 0 Å². The molecule has 0 saturated heterocycles. The fraction of sp³-hybridized carbons (Fsp3) is 0.278. The first-order valence-electron chi connectivity index (χ1n) is 7.11. The van der Waals surface area contributed by atoms with Gasteiger partial charge in [0.05, 0.1) is 0 Å². The Morgan fingerprint density at radius 2 is 1.86 bits per heavy atom. The van der Waals surface area contributed by atoms with E-state index in [1.807, 2.05) is 30.3 Å². The van der Waals surface area contributed by atoms with Gasteiger partial charge in [-0.15, -0.1) is 11.6 Å². The summed E-state index contributed by atoms with van der Waals surface area (Å²) in [7, 11) is 0. The zero-order valence-corrected chi connectivity index (χ0v) is 13.2. The van der Waals surface area contributed by atoms with Crippen LogP contribution in [0.3, 0.4) is 0 Å².